The molecule has 4 rings (SSSR count). The third kappa shape index (κ3) is 3.85. The minimum absolute atomic E-state index is 0.0152. The van der Waals surface area contributed by atoms with Crippen LogP contribution in [0, 0.1) is 11.5 Å². The molecule has 2 heterocycles. The van der Waals surface area contributed by atoms with E-state index < -0.39 is 11.8 Å². The van der Waals surface area contributed by atoms with Gasteiger partial charge in [-0.25, -0.2) is 4.98 Å². The van der Waals surface area contributed by atoms with Crippen molar-refractivity contribution in [3.8, 4) is 11.9 Å². The Bertz CT molecular complexity index is 1260. The molecule has 2 aromatic carbocycles. The zero-order valence-electron chi connectivity index (χ0n) is 16.9. The van der Waals surface area contributed by atoms with Crippen LogP contribution in [0.4, 0.5) is 0 Å². The predicted octanol–water partition coefficient (Wildman–Crippen LogP) is 2.31. The fourth-order valence-electron chi connectivity index (χ4n) is 3.46. The lowest BCUT2D eigenvalue weighted by molar-refractivity contribution is -0.129. The second kappa shape index (κ2) is 8.53. The average molecular weight is 430 g/mol. The second-order valence-electron chi connectivity index (χ2n) is 6.91. The summed E-state index contributed by atoms with van der Waals surface area (Å²) >= 11 is 1.59. The molecule has 0 N–H and O–H groups in total. The molecule has 0 radical (unpaired) electrons. The maximum Gasteiger partial charge on any atom is 0.282 e. The van der Waals surface area contributed by atoms with Gasteiger partial charge in [0.15, 0.2) is 5.69 Å². The summed E-state index contributed by atoms with van der Waals surface area (Å²) in [6, 6.07) is 16.9. The quantitative estimate of drug-likeness (QED) is 0.357. The van der Waals surface area contributed by atoms with Crippen LogP contribution in [-0.2, 0) is 11.2 Å². The molecule has 8 nitrogen and oxygen atoms in total. The number of fused-ring (bicyclic) bond motifs is 1. The minimum Gasteiger partial charge on any atom is -0.280 e. The molecule has 0 fully saturated rings. The van der Waals surface area contributed by atoms with Gasteiger partial charge in [0.05, 0.1) is 17.3 Å². The number of benzene rings is 2. The Labute approximate surface area is 182 Å². The fourth-order valence-corrected chi connectivity index (χ4v) is 3.86. The van der Waals surface area contributed by atoms with E-state index >= 15 is 0 Å². The van der Waals surface area contributed by atoms with Crippen molar-refractivity contribution in [1.29, 1.82) is 5.26 Å². The summed E-state index contributed by atoms with van der Waals surface area (Å²) in [5, 5.41) is 13.7. The third-order valence-electron chi connectivity index (χ3n) is 5.07. The maximum absolute atomic E-state index is 12.9. The van der Waals surface area contributed by atoms with E-state index in [-0.39, 0.29) is 22.9 Å². The van der Waals surface area contributed by atoms with Gasteiger partial charge >= 0.3 is 0 Å². The number of hydrogen-bond acceptors (Lipinski definition) is 7. The highest BCUT2D eigenvalue weighted by molar-refractivity contribution is 7.98. The van der Waals surface area contributed by atoms with Crippen LogP contribution >= 0.6 is 11.8 Å². The van der Waals surface area contributed by atoms with Crippen LogP contribution in [0.2, 0.25) is 0 Å². The molecule has 0 saturated heterocycles. The van der Waals surface area contributed by atoms with Crippen molar-refractivity contribution in [2.75, 3.05) is 13.3 Å². The number of aromatic nitrogens is 3. The van der Waals surface area contributed by atoms with Gasteiger partial charge in [-0.15, -0.1) is 16.8 Å². The molecule has 9 heteroatoms. The highest BCUT2D eigenvalue weighted by atomic mass is 32.2. The Kier molecular flexibility index (Phi) is 5.64. The molecule has 0 spiro atoms. The molecule has 3 aromatic rings. The number of nitriles is 1. The number of nitrogens with zero attached hydrogens (tertiary/aromatic N) is 6. The molecular weight excluding hydrogens is 412 g/mol. The molecule has 31 heavy (non-hydrogen) atoms. The average Bonchev–Trinajstić information content (AvgIpc) is 2.81. The van der Waals surface area contributed by atoms with Crippen molar-refractivity contribution in [3.63, 3.8) is 0 Å². The standard InChI is InChI=1S/C22H18N6O2S/c1-27-20(29)17(12-14-6-4-3-5-7-14)18-19(21(27)30)26-28(22(25-18)24-13-23)15-8-10-16(31-2)11-9-15/h3-11,17H,12H2,1-2H3. The summed E-state index contributed by atoms with van der Waals surface area (Å²) in [6.07, 6.45) is 4.06. The van der Waals surface area contributed by atoms with Crippen LogP contribution in [0.5, 0.6) is 0 Å². The summed E-state index contributed by atoms with van der Waals surface area (Å²) < 4.78 is 1.35. The van der Waals surface area contributed by atoms with Crippen LogP contribution in [0.15, 0.2) is 64.5 Å². The monoisotopic (exact) mass is 430 g/mol. The van der Waals surface area contributed by atoms with Crippen molar-refractivity contribution in [3.05, 3.63) is 77.2 Å². The molecule has 1 aliphatic rings. The number of carbonyl (C=O) groups excluding carboxylic acids is 2. The number of hydrogen-bond donors (Lipinski definition) is 0. The molecule has 1 aromatic heterocycles. The molecule has 2 amide bonds. The molecular formula is C22H18N6O2S. The van der Waals surface area contributed by atoms with Crippen LogP contribution in [0.25, 0.3) is 5.69 Å². The maximum atomic E-state index is 12.9. The first-order valence-electron chi connectivity index (χ1n) is 9.48. The molecule has 1 atom stereocenters. The largest absolute Gasteiger partial charge is 0.282 e. The van der Waals surface area contributed by atoms with Crippen LogP contribution in [-0.4, -0.2) is 44.8 Å². The summed E-state index contributed by atoms with van der Waals surface area (Å²) in [7, 11) is 1.44. The Morgan fingerprint density at radius 1 is 1.13 bits per heavy atom. The second-order valence-corrected chi connectivity index (χ2v) is 7.79. The van der Waals surface area contributed by atoms with E-state index in [0.717, 1.165) is 15.4 Å². The van der Waals surface area contributed by atoms with E-state index in [4.69, 9.17) is 0 Å². The van der Waals surface area contributed by atoms with Crippen molar-refractivity contribution in [1.82, 2.24) is 19.7 Å². The first kappa shape index (κ1) is 20.5. The first-order chi connectivity index (χ1) is 15.0. The lowest BCUT2D eigenvalue weighted by Crippen LogP contribution is -2.46. The van der Waals surface area contributed by atoms with E-state index in [0.29, 0.717) is 12.1 Å². The number of carbonyl (C=O) groups is 2. The summed E-state index contributed by atoms with van der Waals surface area (Å²) in [5.41, 5.74) is 1.87. The van der Waals surface area contributed by atoms with E-state index in [2.05, 4.69) is 15.1 Å². The number of rotatable bonds is 4. The predicted molar refractivity (Wildman–Crippen MR) is 114 cm³/mol. The van der Waals surface area contributed by atoms with Gasteiger partial charge in [-0.1, -0.05) is 30.3 Å². The van der Waals surface area contributed by atoms with Gasteiger partial charge < -0.3 is 0 Å². The van der Waals surface area contributed by atoms with Crippen LogP contribution < -0.4 is 5.62 Å². The number of thioether (sulfide) groups is 1. The lowest BCUT2D eigenvalue weighted by atomic mass is 9.90. The van der Waals surface area contributed by atoms with E-state index in [1.165, 1.54) is 11.7 Å². The lowest BCUT2D eigenvalue weighted by Gasteiger charge is -2.28. The Balaban J connectivity index is 1.90. The van der Waals surface area contributed by atoms with Gasteiger partial charge in [0.1, 0.15) is 0 Å². The molecule has 1 aliphatic heterocycles. The van der Waals surface area contributed by atoms with E-state index in [1.54, 1.807) is 18.0 Å². The van der Waals surface area contributed by atoms with E-state index in [1.807, 2.05) is 60.9 Å². The molecule has 1 unspecified atom stereocenters. The van der Waals surface area contributed by atoms with Crippen molar-refractivity contribution >= 4 is 23.6 Å². The molecule has 0 aliphatic carbocycles. The Morgan fingerprint density at radius 3 is 2.48 bits per heavy atom. The number of amides is 2. The zero-order valence-corrected chi connectivity index (χ0v) is 17.7. The van der Waals surface area contributed by atoms with Gasteiger partial charge in [-0.2, -0.15) is 15.0 Å². The summed E-state index contributed by atoms with van der Waals surface area (Å²) in [6.45, 7) is 0. The smallest absolute Gasteiger partial charge is 0.280 e. The summed E-state index contributed by atoms with van der Waals surface area (Å²) in [5.74, 6) is -1.59. The van der Waals surface area contributed by atoms with Crippen LogP contribution in [0.3, 0.4) is 0 Å². The summed E-state index contributed by atoms with van der Waals surface area (Å²) in [4.78, 5) is 36.2. The Morgan fingerprint density at radius 2 is 1.84 bits per heavy atom. The van der Waals surface area contributed by atoms with Gasteiger partial charge in [-0.05, 0) is 42.5 Å². The number of likely N-dealkylation sites (N-methyl/N-ethyl adjacent to an activating group) is 1. The third-order valence-corrected chi connectivity index (χ3v) is 5.81. The van der Waals surface area contributed by atoms with Gasteiger partial charge in [0.25, 0.3) is 11.5 Å². The normalized spacial score (nSPS) is 16.2. The van der Waals surface area contributed by atoms with Gasteiger partial charge in [-0.3, -0.25) is 14.5 Å². The van der Waals surface area contributed by atoms with Gasteiger partial charge in [0.2, 0.25) is 12.1 Å². The topological polar surface area (TPSA) is 104 Å². The Hall–Kier alpha value is -3.77. The minimum atomic E-state index is -0.700. The van der Waals surface area contributed by atoms with Crippen molar-refractivity contribution in [2.24, 2.45) is 4.99 Å². The van der Waals surface area contributed by atoms with Gasteiger partial charge in [0, 0.05) is 11.9 Å². The molecule has 154 valence electrons. The molecule has 0 bridgehead atoms. The van der Waals surface area contributed by atoms with Crippen molar-refractivity contribution < 1.29 is 9.59 Å². The van der Waals surface area contributed by atoms with Crippen LogP contribution in [0.1, 0.15) is 27.7 Å². The first-order valence-corrected chi connectivity index (χ1v) is 10.7. The fraction of sp³-hybridized carbons (Fsp3) is 0.182. The highest BCUT2D eigenvalue weighted by Crippen LogP contribution is 2.28. The highest BCUT2D eigenvalue weighted by Gasteiger charge is 2.40. The number of imide groups is 1. The SMILES string of the molecule is CSc1ccc(-n2nc3c(nc2=NC#N)C(Cc2ccccc2)C(=O)N(C)C3=O)cc1. The zero-order chi connectivity index (χ0) is 22.0. The molecule has 0 saturated carbocycles. The van der Waals surface area contributed by atoms with E-state index in [9.17, 15) is 14.9 Å². The van der Waals surface area contributed by atoms with Crippen molar-refractivity contribution in [2.45, 2.75) is 17.2 Å².